The highest BCUT2D eigenvalue weighted by Gasteiger charge is 2.11. The summed E-state index contributed by atoms with van der Waals surface area (Å²) in [7, 11) is 1.66. The zero-order valence-corrected chi connectivity index (χ0v) is 18.4. The molecule has 2 atom stereocenters. The molecule has 1 unspecified atom stereocenters. The number of nitrogens with two attached hydrogens (primary N) is 1. The van der Waals surface area contributed by atoms with E-state index >= 15 is 0 Å². The van der Waals surface area contributed by atoms with Crippen molar-refractivity contribution >= 4 is 11.5 Å². The van der Waals surface area contributed by atoms with Crippen molar-refractivity contribution in [3.63, 3.8) is 0 Å². The van der Waals surface area contributed by atoms with Crippen LogP contribution in [0, 0.1) is 0 Å². The molecule has 0 saturated carbocycles. The van der Waals surface area contributed by atoms with E-state index in [4.69, 9.17) is 19.9 Å². The second-order valence-electron chi connectivity index (χ2n) is 7.61. The van der Waals surface area contributed by atoms with Crippen molar-refractivity contribution in [1.29, 1.82) is 0 Å². The summed E-state index contributed by atoms with van der Waals surface area (Å²) in [6, 6.07) is 19.9. The lowest BCUT2D eigenvalue weighted by atomic mass is 10.1. The first-order valence-electron chi connectivity index (χ1n) is 10.5. The maximum Gasteiger partial charge on any atom is 0.149 e. The number of nitrogen functional groups attached to an aromatic ring is 1. The molecule has 0 amide bonds. The van der Waals surface area contributed by atoms with Crippen LogP contribution in [0.2, 0.25) is 0 Å². The third-order valence-corrected chi connectivity index (χ3v) is 4.68. The molecule has 0 aliphatic rings. The maximum absolute atomic E-state index is 6.24. The van der Waals surface area contributed by atoms with Gasteiger partial charge in [0.1, 0.15) is 23.4 Å². The van der Waals surface area contributed by atoms with Crippen LogP contribution in [0.3, 0.4) is 0 Å². The lowest BCUT2D eigenvalue weighted by Gasteiger charge is -2.19. The second-order valence-corrected chi connectivity index (χ2v) is 7.61. The van der Waals surface area contributed by atoms with E-state index in [9.17, 15) is 0 Å². The Labute approximate surface area is 184 Å². The van der Waals surface area contributed by atoms with Crippen molar-refractivity contribution in [3.05, 3.63) is 78.0 Å². The van der Waals surface area contributed by atoms with Crippen LogP contribution < -0.4 is 20.5 Å². The van der Waals surface area contributed by atoms with E-state index in [1.807, 2.05) is 55.5 Å². The first kappa shape index (κ1) is 22.4. The largest absolute Gasteiger partial charge is 0.490 e. The standard InChI is InChI=1S/C25H31N3O3/c1-18(12-20-8-5-4-6-9-20)30-22-13-21(14-23(15-22)31-19(2)17-29-3)16-28-25-24(26)10-7-11-27-25/h4-11,13-15,18-19H,12,16-17,26H2,1-3H3,(H,27,28)/t18?,19-/m0/s1. The topological polar surface area (TPSA) is 78.6 Å². The van der Waals surface area contributed by atoms with Crippen LogP contribution in [0.15, 0.2) is 66.9 Å². The van der Waals surface area contributed by atoms with Gasteiger partial charge >= 0.3 is 0 Å². The van der Waals surface area contributed by atoms with Crippen molar-refractivity contribution in [1.82, 2.24) is 4.98 Å². The Bertz CT molecular complexity index is 950. The number of rotatable bonds is 11. The summed E-state index contributed by atoms with van der Waals surface area (Å²) in [5.41, 5.74) is 8.85. The molecule has 1 heterocycles. The predicted octanol–water partition coefficient (Wildman–Crippen LogP) is 4.70. The first-order chi connectivity index (χ1) is 15.0. The third-order valence-electron chi connectivity index (χ3n) is 4.68. The smallest absolute Gasteiger partial charge is 0.149 e. The number of nitrogens with zero attached hydrogens (tertiary/aromatic N) is 1. The fourth-order valence-corrected chi connectivity index (χ4v) is 3.34. The first-order valence-corrected chi connectivity index (χ1v) is 10.5. The second kappa shape index (κ2) is 11.2. The SMILES string of the molecule is COC[C@H](C)Oc1cc(CNc2ncccc2N)cc(OC(C)Cc2ccccc2)c1. The Hall–Kier alpha value is -3.25. The van der Waals surface area contributed by atoms with E-state index in [2.05, 4.69) is 29.4 Å². The molecule has 0 fully saturated rings. The number of hydrogen-bond acceptors (Lipinski definition) is 6. The fraction of sp³-hybridized carbons (Fsp3) is 0.320. The van der Waals surface area contributed by atoms with Gasteiger partial charge in [0, 0.05) is 32.3 Å². The number of pyridine rings is 1. The van der Waals surface area contributed by atoms with Crippen LogP contribution >= 0.6 is 0 Å². The van der Waals surface area contributed by atoms with Crippen LogP contribution in [0.1, 0.15) is 25.0 Å². The fourth-order valence-electron chi connectivity index (χ4n) is 3.34. The number of hydrogen-bond donors (Lipinski definition) is 2. The molecule has 0 aliphatic heterocycles. The predicted molar refractivity (Wildman–Crippen MR) is 125 cm³/mol. The molecule has 2 aromatic carbocycles. The third kappa shape index (κ3) is 7.19. The highest BCUT2D eigenvalue weighted by molar-refractivity contribution is 5.60. The van der Waals surface area contributed by atoms with Crippen LogP contribution in [-0.4, -0.2) is 30.9 Å². The number of benzene rings is 2. The van der Waals surface area contributed by atoms with Gasteiger partial charge in [-0.25, -0.2) is 4.98 Å². The molecule has 0 bridgehead atoms. The molecule has 164 valence electrons. The minimum absolute atomic E-state index is 0.0151. The van der Waals surface area contributed by atoms with Crippen molar-refractivity contribution in [2.45, 2.75) is 39.0 Å². The van der Waals surface area contributed by atoms with Gasteiger partial charge in [0.15, 0.2) is 0 Å². The van der Waals surface area contributed by atoms with Crippen molar-refractivity contribution in [2.75, 3.05) is 24.8 Å². The minimum atomic E-state index is -0.0748. The Kier molecular flexibility index (Phi) is 8.12. The quantitative estimate of drug-likeness (QED) is 0.467. The Morgan fingerprint density at radius 1 is 0.903 bits per heavy atom. The van der Waals surface area contributed by atoms with Crippen LogP contribution in [0.5, 0.6) is 11.5 Å². The summed E-state index contributed by atoms with van der Waals surface area (Å²) in [6.45, 7) is 5.09. The number of ether oxygens (including phenoxy) is 3. The van der Waals surface area contributed by atoms with Crippen LogP contribution in [0.25, 0.3) is 0 Å². The molecule has 6 nitrogen and oxygen atoms in total. The minimum Gasteiger partial charge on any atom is -0.490 e. The number of nitrogens with one attached hydrogen (secondary N) is 1. The highest BCUT2D eigenvalue weighted by Crippen LogP contribution is 2.26. The van der Waals surface area contributed by atoms with E-state index in [1.165, 1.54) is 5.56 Å². The van der Waals surface area contributed by atoms with Gasteiger partial charge in [-0.2, -0.15) is 0 Å². The molecule has 0 saturated heterocycles. The lowest BCUT2D eigenvalue weighted by Crippen LogP contribution is -2.19. The molecular formula is C25H31N3O3. The summed E-state index contributed by atoms with van der Waals surface area (Å²) in [5, 5.41) is 3.28. The van der Waals surface area contributed by atoms with Gasteiger partial charge in [0.25, 0.3) is 0 Å². The van der Waals surface area contributed by atoms with Gasteiger partial charge in [-0.3, -0.25) is 0 Å². The van der Waals surface area contributed by atoms with Gasteiger partial charge < -0.3 is 25.3 Å². The Balaban J connectivity index is 1.74. The average Bonchev–Trinajstić information content (AvgIpc) is 2.74. The average molecular weight is 422 g/mol. The van der Waals surface area contributed by atoms with Crippen molar-refractivity contribution < 1.29 is 14.2 Å². The number of aromatic nitrogens is 1. The van der Waals surface area contributed by atoms with E-state index < -0.39 is 0 Å². The van der Waals surface area contributed by atoms with Gasteiger partial charge in [-0.1, -0.05) is 30.3 Å². The van der Waals surface area contributed by atoms with E-state index in [1.54, 1.807) is 13.3 Å². The highest BCUT2D eigenvalue weighted by atomic mass is 16.5. The van der Waals surface area contributed by atoms with Crippen LogP contribution in [0.4, 0.5) is 11.5 Å². The molecule has 0 radical (unpaired) electrons. The zero-order valence-electron chi connectivity index (χ0n) is 18.4. The maximum atomic E-state index is 6.24. The summed E-state index contributed by atoms with van der Waals surface area (Å²) in [6.07, 6.45) is 2.48. The molecule has 6 heteroatoms. The molecular weight excluding hydrogens is 390 g/mol. The summed E-state index contributed by atoms with van der Waals surface area (Å²) in [5.74, 6) is 2.15. The Morgan fingerprint density at radius 3 is 2.29 bits per heavy atom. The molecule has 0 spiro atoms. The molecule has 3 aromatic rings. The molecule has 31 heavy (non-hydrogen) atoms. The summed E-state index contributed by atoms with van der Waals surface area (Å²) >= 11 is 0. The van der Waals surface area contributed by atoms with Crippen LogP contribution in [-0.2, 0) is 17.7 Å². The monoisotopic (exact) mass is 421 g/mol. The molecule has 3 N–H and O–H groups in total. The molecule has 3 rings (SSSR count). The number of anilines is 2. The van der Waals surface area contributed by atoms with Crippen molar-refractivity contribution in [3.8, 4) is 11.5 Å². The summed E-state index contributed by atoms with van der Waals surface area (Å²) < 4.78 is 17.5. The van der Waals surface area contributed by atoms with Gasteiger partial charge in [-0.05, 0) is 49.2 Å². The van der Waals surface area contributed by atoms with Gasteiger partial charge in [0.2, 0.25) is 0 Å². The molecule has 1 aromatic heterocycles. The summed E-state index contributed by atoms with van der Waals surface area (Å²) in [4.78, 5) is 4.29. The van der Waals surface area contributed by atoms with Crippen molar-refractivity contribution in [2.24, 2.45) is 0 Å². The zero-order chi connectivity index (χ0) is 22.1. The van der Waals surface area contributed by atoms with Gasteiger partial charge in [-0.15, -0.1) is 0 Å². The van der Waals surface area contributed by atoms with E-state index in [0.29, 0.717) is 24.7 Å². The van der Waals surface area contributed by atoms with Gasteiger partial charge in [0.05, 0.1) is 18.4 Å². The Morgan fingerprint density at radius 2 is 1.61 bits per heavy atom. The van der Waals surface area contributed by atoms with E-state index in [-0.39, 0.29) is 12.2 Å². The lowest BCUT2D eigenvalue weighted by molar-refractivity contribution is 0.0916. The normalized spacial score (nSPS) is 12.7. The van der Waals surface area contributed by atoms with E-state index in [0.717, 1.165) is 23.5 Å². The number of methoxy groups -OCH3 is 1. The molecule has 0 aliphatic carbocycles.